The van der Waals surface area contributed by atoms with Crippen molar-refractivity contribution in [3.8, 4) is 0 Å². The molecular weight excluding hydrogens is 419 g/mol. The predicted molar refractivity (Wildman–Crippen MR) is 98.4 cm³/mol. The third-order valence-corrected chi connectivity index (χ3v) is 5.34. The van der Waals surface area contributed by atoms with Crippen molar-refractivity contribution in [2.45, 2.75) is 32.1 Å². The van der Waals surface area contributed by atoms with Crippen molar-refractivity contribution in [2.75, 3.05) is 5.32 Å². The third-order valence-electron chi connectivity index (χ3n) is 3.54. The smallest absolute Gasteiger partial charge is 0.177 e. The molecular formula is C15H15BrClFN4OS. The molecule has 0 aliphatic rings. The lowest BCUT2D eigenvalue weighted by atomic mass is 10.1. The van der Waals surface area contributed by atoms with Gasteiger partial charge < -0.3 is 15.5 Å². The summed E-state index contributed by atoms with van der Waals surface area (Å²) in [6.07, 6.45) is 0.875. The Hall–Kier alpha value is -1.22. The van der Waals surface area contributed by atoms with Gasteiger partial charge in [-0.25, -0.2) is 14.4 Å². The summed E-state index contributed by atoms with van der Waals surface area (Å²) in [6, 6.07) is 1.04. The number of nitrogens with two attached hydrogens (primary N) is 1. The molecule has 3 N–H and O–H groups in total. The highest BCUT2D eigenvalue weighted by Gasteiger charge is 2.21. The number of hydrogen-bond acceptors (Lipinski definition) is 6. The van der Waals surface area contributed by atoms with Gasteiger partial charge in [-0.05, 0) is 22.9 Å². The van der Waals surface area contributed by atoms with Gasteiger partial charge in [0.15, 0.2) is 5.58 Å². The summed E-state index contributed by atoms with van der Waals surface area (Å²) in [7, 11) is 0. The van der Waals surface area contributed by atoms with Crippen LogP contribution in [-0.2, 0) is 13.0 Å². The van der Waals surface area contributed by atoms with Gasteiger partial charge in [0.2, 0.25) is 0 Å². The van der Waals surface area contributed by atoms with E-state index in [2.05, 4.69) is 31.2 Å². The van der Waals surface area contributed by atoms with Crippen molar-refractivity contribution in [3.63, 3.8) is 0 Å². The molecule has 3 aromatic heterocycles. The largest absolute Gasteiger partial charge is 0.456 e. The summed E-state index contributed by atoms with van der Waals surface area (Å²) >= 11 is 11.1. The number of nitrogens with zero attached hydrogens (tertiary/aromatic N) is 2. The highest BCUT2D eigenvalue weighted by molar-refractivity contribution is 9.10. The maximum Gasteiger partial charge on any atom is 0.177 e. The fourth-order valence-electron chi connectivity index (χ4n) is 2.20. The van der Waals surface area contributed by atoms with Gasteiger partial charge in [-0.3, -0.25) is 0 Å². The predicted octanol–water partition coefficient (Wildman–Crippen LogP) is 4.54. The van der Waals surface area contributed by atoms with E-state index in [9.17, 15) is 4.39 Å². The molecule has 3 heterocycles. The Balaban J connectivity index is 1.94. The first-order valence-electron chi connectivity index (χ1n) is 7.25. The van der Waals surface area contributed by atoms with Gasteiger partial charge in [0.25, 0.3) is 0 Å². The van der Waals surface area contributed by atoms with Crippen LogP contribution in [0, 0.1) is 0 Å². The van der Waals surface area contributed by atoms with E-state index in [0.29, 0.717) is 38.7 Å². The molecule has 0 unspecified atom stereocenters. The molecule has 2 atom stereocenters. The molecule has 0 aliphatic heterocycles. The average Bonchev–Trinajstić information content (AvgIpc) is 3.15. The van der Waals surface area contributed by atoms with Crippen molar-refractivity contribution in [1.29, 1.82) is 0 Å². The molecule has 128 valence electrons. The first-order chi connectivity index (χ1) is 11.5. The standard InChI is InChI=1S/C15H15BrClFN4OS/c1-7(18)8(19)4-10-13(16)14-15(23-10)9(5-11(17)22-14)21-6-12-20-2-3-24-12/h2-3,5,7-8H,4,6,19H2,1H3,(H,21,22)/t7-,8+/m0/s1. The number of fused-ring (bicyclic) bond motifs is 1. The number of furan rings is 1. The molecule has 24 heavy (non-hydrogen) atoms. The number of halogens is 3. The average molecular weight is 434 g/mol. The Morgan fingerprint density at radius 1 is 1.54 bits per heavy atom. The molecule has 9 heteroatoms. The number of alkyl halides is 1. The molecule has 0 aliphatic carbocycles. The van der Waals surface area contributed by atoms with Crippen molar-refractivity contribution in [3.05, 3.63) is 38.0 Å². The van der Waals surface area contributed by atoms with E-state index in [1.165, 1.54) is 6.92 Å². The molecule has 0 saturated carbocycles. The molecule has 3 aromatic rings. The fourth-order valence-corrected chi connectivity index (χ4v) is 3.47. The molecule has 0 aromatic carbocycles. The van der Waals surface area contributed by atoms with E-state index in [1.54, 1.807) is 23.6 Å². The first-order valence-corrected chi connectivity index (χ1v) is 9.30. The zero-order valence-corrected chi connectivity index (χ0v) is 15.9. The van der Waals surface area contributed by atoms with Gasteiger partial charge in [-0.1, -0.05) is 11.6 Å². The minimum atomic E-state index is -1.14. The lowest BCUT2D eigenvalue weighted by Gasteiger charge is -2.10. The number of aromatic nitrogens is 2. The number of nitrogens with one attached hydrogen (secondary N) is 1. The number of thiazole rings is 1. The van der Waals surface area contributed by atoms with Gasteiger partial charge in [0, 0.05) is 30.1 Å². The van der Waals surface area contributed by atoms with Crippen molar-refractivity contribution >= 4 is 55.7 Å². The Morgan fingerprint density at radius 2 is 2.33 bits per heavy atom. The molecule has 0 radical (unpaired) electrons. The van der Waals surface area contributed by atoms with Crippen LogP contribution in [0.2, 0.25) is 5.15 Å². The van der Waals surface area contributed by atoms with Gasteiger partial charge in [0.1, 0.15) is 27.6 Å². The van der Waals surface area contributed by atoms with Gasteiger partial charge in [0.05, 0.1) is 16.7 Å². The Kier molecular flexibility index (Phi) is 5.39. The Labute approximate surface area is 155 Å². The molecule has 0 bridgehead atoms. The Bertz CT molecular complexity index is 840. The second-order valence-electron chi connectivity index (χ2n) is 5.33. The second kappa shape index (κ2) is 7.35. The van der Waals surface area contributed by atoms with Gasteiger partial charge in [-0.15, -0.1) is 11.3 Å². The van der Waals surface area contributed by atoms with Crippen molar-refractivity contribution in [2.24, 2.45) is 5.73 Å². The molecule has 0 fully saturated rings. The molecule has 5 nitrogen and oxygen atoms in total. The number of hydrogen-bond donors (Lipinski definition) is 2. The maximum atomic E-state index is 13.4. The quantitative estimate of drug-likeness (QED) is 0.558. The van der Waals surface area contributed by atoms with Crippen LogP contribution in [0.15, 0.2) is 26.5 Å². The van der Waals surface area contributed by atoms with Crippen LogP contribution >= 0.6 is 38.9 Å². The Morgan fingerprint density at radius 3 is 3.00 bits per heavy atom. The van der Waals surface area contributed by atoms with Gasteiger partial charge in [-0.2, -0.15) is 0 Å². The van der Waals surface area contributed by atoms with Crippen LogP contribution < -0.4 is 11.1 Å². The van der Waals surface area contributed by atoms with Gasteiger partial charge >= 0.3 is 0 Å². The maximum absolute atomic E-state index is 13.4. The van der Waals surface area contributed by atoms with Crippen molar-refractivity contribution in [1.82, 2.24) is 9.97 Å². The van der Waals surface area contributed by atoms with E-state index in [-0.39, 0.29) is 6.42 Å². The van der Waals surface area contributed by atoms with Crippen LogP contribution in [0.25, 0.3) is 11.1 Å². The fraction of sp³-hybridized carbons (Fsp3) is 0.333. The van der Waals surface area contributed by atoms with Crippen LogP contribution in [-0.4, -0.2) is 22.2 Å². The molecule has 0 spiro atoms. The summed E-state index contributed by atoms with van der Waals surface area (Å²) in [4.78, 5) is 8.52. The number of anilines is 1. The van der Waals surface area contributed by atoms with E-state index in [4.69, 9.17) is 21.8 Å². The minimum Gasteiger partial charge on any atom is -0.456 e. The normalized spacial score (nSPS) is 14.0. The number of rotatable bonds is 6. The van der Waals surface area contributed by atoms with Crippen LogP contribution in [0.5, 0.6) is 0 Å². The first kappa shape index (κ1) is 17.6. The molecule has 3 rings (SSSR count). The van der Waals surface area contributed by atoms with E-state index in [0.717, 1.165) is 5.01 Å². The highest BCUT2D eigenvalue weighted by atomic mass is 79.9. The van der Waals surface area contributed by atoms with Crippen LogP contribution in [0.3, 0.4) is 0 Å². The third kappa shape index (κ3) is 3.72. The lowest BCUT2D eigenvalue weighted by molar-refractivity contribution is 0.295. The molecule has 0 amide bonds. The van der Waals surface area contributed by atoms with E-state index < -0.39 is 12.2 Å². The summed E-state index contributed by atoms with van der Waals surface area (Å²) in [6.45, 7) is 1.97. The minimum absolute atomic E-state index is 0.262. The summed E-state index contributed by atoms with van der Waals surface area (Å²) in [5.41, 5.74) is 7.64. The van der Waals surface area contributed by atoms with Crippen LogP contribution in [0.1, 0.15) is 17.7 Å². The zero-order chi connectivity index (χ0) is 17.3. The highest BCUT2D eigenvalue weighted by Crippen LogP contribution is 2.36. The summed E-state index contributed by atoms with van der Waals surface area (Å²) in [5.74, 6) is 0.550. The summed E-state index contributed by atoms with van der Waals surface area (Å²) < 4.78 is 19.9. The lowest BCUT2D eigenvalue weighted by Crippen LogP contribution is -2.31. The van der Waals surface area contributed by atoms with E-state index >= 15 is 0 Å². The zero-order valence-electron chi connectivity index (χ0n) is 12.7. The molecule has 0 saturated heterocycles. The second-order valence-corrected chi connectivity index (χ2v) is 7.49. The van der Waals surface area contributed by atoms with E-state index in [1.807, 2.05) is 5.38 Å². The van der Waals surface area contributed by atoms with Crippen LogP contribution in [0.4, 0.5) is 10.1 Å². The monoisotopic (exact) mass is 432 g/mol. The summed E-state index contributed by atoms with van der Waals surface area (Å²) in [5, 5.41) is 6.43. The SMILES string of the molecule is C[C@H](F)[C@H](N)Cc1oc2c(NCc3nccs3)cc(Cl)nc2c1Br. The van der Waals surface area contributed by atoms with Crippen molar-refractivity contribution < 1.29 is 8.81 Å². The number of pyridine rings is 1. The topological polar surface area (TPSA) is 77.0 Å².